The second-order valence-corrected chi connectivity index (χ2v) is 4.81. The molecule has 1 aliphatic rings. The number of ketones is 1. The largest absolute Gasteiger partial charge is 0.468 e. The second-order valence-electron chi connectivity index (χ2n) is 3.20. The maximum Gasteiger partial charge on any atom is 0.321 e. The van der Waals surface area contributed by atoms with Crippen molar-refractivity contribution >= 4 is 34.7 Å². The molecule has 80 valence electrons. The Morgan fingerprint density at radius 1 is 1.60 bits per heavy atom. The molecule has 0 fully saturated rings. The van der Waals surface area contributed by atoms with Gasteiger partial charge in [0.05, 0.1) is 17.7 Å². The summed E-state index contributed by atoms with van der Waals surface area (Å²) in [5.74, 6) is -1.46. The number of aryl methyl sites for hydroxylation is 1. The number of fused-ring (bicyclic) bond motifs is 1. The monoisotopic (exact) mass is 245 g/mol. The summed E-state index contributed by atoms with van der Waals surface area (Å²) in [4.78, 5) is 27.8. The third kappa shape index (κ3) is 1.77. The molecule has 6 heteroatoms. The Labute approximate surface area is 95.2 Å². The Hall–Kier alpha value is -0.940. The maximum atomic E-state index is 11.6. The molecule has 0 aliphatic heterocycles. The molecule has 0 aromatic carbocycles. The topological polar surface area (TPSA) is 56.3 Å². The zero-order chi connectivity index (χ0) is 11.0. The van der Waals surface area contributed by atoms with Gasteiger partial charge in [-0.25, -0.2) is 4.98 Å². The van der Waals surface area contributed by atoms with Crippen LogP contribution in [0.15, 0.2) is 0 Å². The molecule has 0 spiro atoms. The Morgan fingerprint density at radius 2 is 2.33 bits per heavy atom. The summed E-state index contributed by atoms with van der Waals surface area (Å²) >= 11 is 6.93. The highest BCUT2D eigenvalue weighted by atomic mass is 35.5. The van der Waals surface area contributed by atoms with Crippen LogP contribution in [0.3, 0.4) is 0 Å². The van der Waals surface area contributed by atoms with Gasteiger partial charge in [0, 0.05) is 6.42 Å². The van der Waals surface area contributed by atoms with Crippen LogP contribution in [-0.4, -0.2) is 23.8 Å². The molecule has 1 heterocycles. The number of nitrogens with zero attached hydrogens (tertiary/aromatic N) is 1. The molecule has 1 aromatic heterocycles. The number of methoxy groups -OCH3 is 1. The van der Waals surface area contributed by atoms with Crippen LogP contribution >= 0.6 is 22.9 Å². The highest BCUT2D eigenvalue weighted by Crippen LogP contribution is 2.36. The lowest BCUT2D eigenvalue weighted by molar-refractivity contribution is -0.145. The van der Waals surface area contributed by atoms with Gasteiger partial charge in [0.1, 0.15) is 0 Å². The standard InChI is InChI=1S/C9H8ClNO3S/c1-14-8(13)6-5(12)3-2-4-7(6)15-9(10)11-4/h6H,2-3H2,1H3/t6-/m1/s1. The van der Waals surface area contributed by atoms with Crippen LogP contribution in [0.2, 0.25) is 4.47 Å². The van der Waals surface area contributed by atoms with Crippen molar-refractivity contribution in [2.75, 3.05) is 7.11 Å². The molecule has 1 aromatic rings. The number of hydrogen-bond acceptors (Lipinski definition) is 5. The Balaban J connectivity index is 2.45. The quantitative estimate of drug-likeness (QED) is 0.557. The van der Waals surface area contributed by atoms with Gasteiger partial charge in [0.2, 0.25) is 0 Å². The molecule has 0 amide bonds. The van der Waals surface area contributed by atoms with E-state index in [1.807, 2.05) is 0 Å². The van der Waals surface area contributed by atoms with Crippen LogP contribution in [0.4, 0.5) is 0 Å². The fourth-order valence-corrected chi connectivity index (χ4v) is 2.93. The van der Waals surface area contributed by atoms with E-state index in [1.165, 1.54) is 18.4 Å². The predicted molar refractivity (Wildman–Crippen MR) is 55.2 cm³/mol. The minimum atomic E-state index is -0.816. The van der Waals surface area contributed by atoms with Crippen LogP contribution in [0.25, 0.3) is 0 Å². The molecule has 0 radical (unpaired) electrons. The van der Waals surface area contributed by atoms with Gasteiger partial charge >= 0.3 is 5.97 Å². The molecule has 0 saturated carbocycles. The van der Waals surface area contributed by atoms with Crippen molar-refractivity contribution in [3.8, 4) is 0 Å². The van der Waals surface area contributed by atoms with Crippen molar-refractivity contribution in [2.24, 2.45) is 0 Å². The summed E-state index contributed by atoms with van der Waals surface area (Å²) in [5.41, 5.74) is 0.750. The number of Topliss-reactive ketones (excluding diaryl/α,β-unsaturated/α-hetero) is 1. The van der Waals surface area contributed by atoms with Gasteiger partial charge in [-0.05, 0) is 6.42 Å². The van der Waals surface area contributed by atoms with Crippen molar-refractivity contribution in [3.05, 3.63) is 15.0 Å². The smallest absolute Gasteiger partial charge is 0.321 e. The van der Waals surface area contributed by atoms with E-state index >= 15 is 0 Å². The number of aromatic nitrogens is 1. The zero-order valence-corrected chi connectivity index (χ0v) is 9.52. The predicted octanol–water partition coefficient (Wildman–Crippen LogP) is 1.57. The first kappa shape index (κ1) is 10.6. The van der Waals surface area contributed by atoms with Crippen LogP contribution in [0.5, 0.6) is 0 Å². The second kappa shape index (κ2) is 3.90. The van der Waals surface area contributed by atoms with Crippen molar-refractivity contribution in [1.29, 1.82) is 0 Å². The highest BCUT2D eigenvalue weighted by Gasteiger charge is 2.37. The lowest BCUT2D eigenvalue weighted by Crippen LogP contribution is -2.27. The van der Waals surface area contributed by atoms with E-state index in [2.05, 4.69) is 9.72 Å². The summed E-state index contributed by atoms with van der Waals surface area (Å²) in [6.07, 6.45) is 0.887. The van der Waals surface area contributed by atoms with Crippen LogP contribution in [0.1, 0.15) is 22.9 Å². The van der Waals surface area contributed by atoms with Crippen molar-refractivity contribution in [2.45, 2.75) is 18.8 Å². The number of hydrogen-bond donors (Lipinski definition) is 0. The Morgan fingerprint density at radius 3 is 3.00 bits per heavy atom. The van der Waals surface area contributed by atoms with E-state index in [0.717, 1.165) is 5.69 Å². The molecule has 1 atom stereocenters. The first-order chi connectivity index (χ1) is 7.13. The van der Waals surface area contributed by atoms with Gasteiger partial charge in [-0.1, -0.05) is 11.6 Å². The van der Waals surface area contributed by atoms with Crippen LogP contribution in [-0.2, 0) is 20.7 Å². The van der Waals surface area contributed by atoms with Gasteiger partial charge in [0.15, 0.2) is 16.2 Å². The molecule has 0 N–H and O–H groups in total. The third-order valence-corrected chi connectivity index (χ3v) is 3.60. The molecule has 2 rings (SSSR count). The molecule has 15 heavy (non-hydrogen) atoms. The first-order valence-corrected chi connectivity index (χ1v) is 5.58. The SMILES string of the molecule is COC(=O)[C@@H]1C(=O)CCc2nc(Cl)sc21. The lowest BCUT2D eigenvalue weighted by Gasteiger charge is -2.17. The van der Waals surface area contributed by atoms with E-state index in [1.54, 1.807) is 0 Å². The van der Waals surface area contributed by atoms with Gasteiger partial charge in [0.25, 0.3) is 0 Å². The molecular weight excluding hydrogens is 238 g/mol. The lowest BCUT2D eigenvalue weighted by atomic mass is 9.90. The zero-order valence-electron chi connectivity index (χ0n) is 7.95. The van der Waals surface area contributed by atoms with Gasteiger partial charge in [-0.3, -0.25) is 9.59 Å². The summed E-state index contributed by atoms with van der Waals surface area (Å²) in [7, 11) is 1.27. The van der Waals surface area contributed by atoms with E-state index in [-0.39, 0.29) is 5.78 Å². The number of rotatable bonds is 1. The van der Waals surface area contributed by atoms with Crippen molar-refractivity contribution in [3.63, 3.8) is 0 Å². The Kier molecular flexibility index (Phi) is 2.75. The third-order valence-electron chi connectivity index (χ3n) is 2.33. The van der Waals surface area contributed by atoms with Crippen molar-refractivity contribution < 1.29 is 14.3 Å². The fraction of sp³-hybridized carbons (Fsp3) is 0.444. The minimum Gasteiger partial charge on any atom is -0.468 e. The van der Waals surface area contributed by atoms with E-state index in [9.17, 15) is 9.59 Å². The van der Waals surface area contributed by atoms with Crippen LogP contribution < -0.4 is 0 Å². The molecule has 4 nitrogen and oxygen atoms in total. The molecule has 0 saturated heterocycles. The van der Waals surface area contributed by atoms with E-state index < -0.39 is 11.9 Å². The number of halogens is 1. The minimum absolute atomic E-state index is 0.116. The number of ether oxygens (including phenoxy) is 1. The number of carbonyl (C=O) groups is 2. The normalized spacial score (nSPS) is 19.9. The molecule has 0 bridgehead atoms. The molecular formula is C9H8ClNO3S. The summed E-state index contributed by atoms with van der Waals surface area (Å²) in [6.45, 7) is 0. The average Bonchev–Trinajstić information content (AvgIpc) is 2.57. The molecule has 1 aliphatic carbocycles. The van der Waals surface area contributed by atoms with E-state index in [4.69, 9.17) is 11.6 Å². The van der Waals surface area contributed by atoms with Gasteiger partial charge in [-0.15, -0.1) is 11.3 Å². The van der Waals surface area contributed by atoms with Gasteiger partial charge < -0.3 is 4.74 Å². The summed E-state index contributed by atoms with van der Waals surface area (Å²) in [5, 5.41) is 0. The summed E-state index contributed by atoms with van der Waals surface area (Å²) < 4.78 is 4.97. The molecule has 0 unspecified atom stereocenters. The first-order valence-electron chi connectivity index (χ1n) is 4.39. The highest BCUT2D eigenvalue weighted by molar-refractivity contribution is 7.16. The Bertz CT molecular complexity index is 429. The average molecular weight is 246 g/mol. The number of esters is 1. The van der Waals surface area contributed by atoms with Gasteiger partial charge in [-0.2, -0.15) is 0 Å². The van der Waals surface area contributed by atoms with E-state index in [0.29, 0.717) is 22.2 Å². The van der Waals surface area contributed by atoms with Crippen molar-refractivity contribution in [1.82, 2.24) is 4.98 Å². The fourth-order valence-electron chi connectivity index (χ4n) is 1.63. The summed E-state index contributed by atoms with van der Waals surface area (Å²) in [6, 6.07) is 0. The number of thiazole rings is 1. The maximum absolute atomic E-state index is 11.6. The van der Waals surface area contributed by atoms with Crippen LogP contribution in [0, 0.1) is 0 Å². The number of carbonyl (C=O) groups excluding carboxylic acids is 2.